The number of rotatable bonds is 9. The van der Waals surface area contributed by atoms with E-state index in [2.05, 4.69) is 30.2 Å². The number of nitrogens with one attached hydrogen (secondary N) is 1. The average molecular weight is 434 g/mol. The third-order valence-corrected chi connectivity index (χ3v) is 5.27. The molecule has 158 valence electrons. The molecule has 7 heteroatoms. The molecule has 3 aromatic rings. The van der Waals surface area contributed by atoms with E-state index < -0.39 is 5.91 Å². The Morgan fingerprint density at radius 2 is 1.94 bits per heavy atom. The third kappa shape index (κ3) is 6.43. The summed E-state index contributed by atoms with van der Waals surface area (Å²) in [6.07, 6.45) is 3.87. The van der Waals surface area contributed by atoms with Crippen molar-refractivity contribution in [3.63, 3.8) is 0 Å². The second-order valence-corrected chi connectivity index (χ2v) is 7.67. The van der Waals surface area contributed by atoms with E-state index in [1.807, 2.05) is 30.3 Å². The monoisotopic (exact) mass is 433 g/mol. The molecule has 0 radical (unpaired) electrons. The lowest BCUT2D eigenvalue weighted by Crippen LogP contribution is -2.13. The molecule has 1 amide bonds. The Morgan fingerprint density at radius 3 is 2.65 bits per heavy atom. The normalized spacial score (nSPS) is 10.9. The fraction of sp³-hybridized carbons (Fsp3) is 0.208. The minimum Gasteiger partial charge on any atom is -0.493 e. The first-order valence-electron chi connectivity index (χ1n) is 9.81. The molecule has 2 aromatic carbocycles. The lowest BCUT2D eigenvalue weighted by molar-refractivity contribution is -0.112. The van der Waals surface area contributed by atoms with Gasteiger partial charge in [-0.05, 0) is 54.8 Å². The van der Waals surface area contributed by atoms with E-state index in [0.717, 1.165) is 29.0 Å². The summed E-state index contributed by atoms with van der Waals surface area (Å²) >= 11 is 1.29. The molecule has 0 atom stereocenters. The van der Waals surface area contributed by atoms with Gasteiger partial charge in [-0.2, -0.15) is 5.26 Å². The van der Waals surface area contributed by atoms with Crippen molar-refractivity contribution < 1.29 is 14.3 Å². The van der Waals surface area contributed by atoms with Crippen LogP contribution in [0.2, 0.25) is 0 Å². The van der Waals surface area contributed by atoms with Crippen LogP contribution >= 0.6 is 11.3 Å². The number of nitrogens with zero attached hydrogens (tertiary/aromatic N) is 2. The number of carbonyl (C=O) groups excluding carboxylic acids is 1. The quantitative estimate of drug-likeness (QED) is 0.286. The Balaban J connectivity index is 1.47. The second kappa shape index (κ2) is 11.0. The average Bonchev–Trinajstić information content (AvgIpc) is 3.28. The summed E-state index contributed by atoms with van der Waals surface area (Å²) in [6.45, 7) is 5.22. The highest BCUT2D eigenvalue weighted by Gasteiger charge is 2.10. The van der Waals surface area contributed by atoms with Crippen LogP contribution < -0.4 is 14.8 Å². The number of amides is 1. The Labute approximate surface area is 185 Å². The number of aryl methyl sites for hydroxylation is 1. The van der Waals surface area contributed by atoms with Gasteiger partial charge in [0.1, 0.15) is 23.1 Å². The van der Waals surface area contributed by atoms with E-state index >= 15 is 0 Å². The van der Waals surface area contributed by atoms with E-state index in [4.69, 9.17) is 9.47 Å². The highest BCUT2D eigenvalue weighted by Crippen LogP contribution is 2.21. The number of nitriles is 1. The Morgan fingerprint density at radius 1 is 1.16 bits per heavy atom. The highest BCUT2D eigenvalue weighted by atomic mass is 32.1. The molecule has 31 heavy (non-hydrogen) atoms. The fourth-order valence-electron chi connectivity index (χ4n) is 2.74. The van der Waals surface area contributed by atoms with Gasteiger partial charge in [0.05, 0.1) is 13.2 Å². The molecular weight excluding hydrogens is 410 g/mol. The van der Waals surface area contributed by atoms with E-state index in [0.29, 0.717) is 18.3 Å². The maximum absolute atomic E-state index is 12.2. The van der Waals surface area contributed by atoms with Crippen LogP contribution in [0.15, 0.2) is 59.6 Å². The molecule has 0 fully saturated rings. The van der Waals surface area contributed by atoms with E-state index in [9.17, 15) is 10.1 Å². The van der Waals surface area contributed by atoms with Crippen molar-refractivity contribution in [1.29, 1.82) is 5.26 Å². The van der Waals surface area contributed by atoms with Crippen molar-refractivity contribution in [2.24, 2.45) is 0 Å². The van der Waals surface area contributed by atoms with Gasteiger partial charge in [-0.3, -0.25) is 10.1 Å². The molecular formula is C24H23N3O3S. The topological polar surface area (TPSA) is 84.2 Å². The maximum atomic E-state index is 12.2. The number of carbonyl (C=O) groups is 1. The third-order valence-electron chi connectivity index (χ3n) is 4.58. The molecule has 0 bridgehead atoms. The van der Waals surface area contributed by atoms with Crippen molar-refractivity contribution >= 4 is 28.5 Å². The number of hydrogen-bond donors (Lipinski definition) is 1. The summed E-state index contributed by atoms with van der Waals surface area (Å²) in [5, 5.41) is 14.1. The minimum absolute atomic E-state index is 0.00691. The van der Waals surface area contributed by atoms with Crippen LogP contribution in [0.4, 0.5) is 5.13 Å². The SMILES string of the molecule is Cc1cccc(OCCCOc2ccc(/C=C(/C#N)C(=O)Nc3nccs3)cc2)c1C. The van der Waals surface area contributed by atoms with Crippen LogP contribution in [-0.4, -0.2) is 24.1 Å². The largest absolute Gasteiger partial charge is 0.493 e. The Kier molecular flexibility index (Phi) is 7.79. The number of hydrogen-bond acceptors (Lipinski definition) is 6. The van der Waals surface area contributed by atoms with Gasteiger partial charge in [-0.1, -0.05) is 24.3 Å². The van der Waals surface area contributed by atoms with Gasteiger partial charge in [-0.25, -0.2) is 4.98 Å². The lowest BCUT2D eigenvalue weighted by atomic mass is 10.1. The minimum atomic E-state index is -0.485. The van der Waals surface area contributed by atoms with Gasteiger partial charge in [0, 0.05) is 18.0 Å². The Bertz CT molecular complexity index is 1080. The molecule has 0 aliphatic rings. The smallest absolute Gasteiger partial charge is 0.268 e. The maximum Gasteiger partial charge on any atom is 0.268 e. The van der Waals surface area contributed by atoms with Gasteiger partial charge < -0.3 is 9.47 Å². The summed E-state index contributed by atoms with van der Waals surface area (Å²) in [6, 6.07) is 15.2. The zero-order chi connectivity index (χ0) is 22.1. The van der Waals surface area contributed by atoms with Crippen LogP contribution in [0.1, 0.15) is 23.1 Å². The summed E-state index contributed by atoms with van der Waals surface area (Å²) in [5.74, 6) is 1.14. The summed E-state index contributed by atoms with van der Waals surface area (Å²) in [4.78, 5) is 16.2. The predicted octanol–water partition coefficient (Wildman–Crippen LogP) is 5.15. The molecule has 0 saturated carbocycles. The molecule has 6 nitrogen and oxygen atoms in total. The van der Waals surface area contributed by atoms with Gasteiger partial charge in [0.2, 0.25) is 0 Å². The number of aromatic nitrogens is 1. The Hall–Kier alpha value is -3.63. The first kappa shape index (κ1) is 22.1. The molecule has 0 unspecified atom stereocenters. The van der Waals surface area contributed by atoms with Crippen molar-refractivity contribution in [2.45, 2.75) is 20.3 Å². The van der Waals surface area contributed by atoms with Crippen LogP contribution in [0, 0.1) is 25.2 Å². The van der Waals surface area contributed by atoms with Gasteiger partial charge in [0.25, 0.3) is 5.91 Å². The standard InChI is InChI=1S/C24H23N3O3S/c1-17-5-3-6-22(18(17)2)30-13-4-12-29-21-9-7-19(8-10-21)15-20(16-25)23(28)27-24-26-11-14-31-24/h3,5-11,14-15H,4,12-13H2,1-2H3,(H,26,27,28)/b20-15-. The van der Waals surface area contributed by atoms with Crippen LogP contribution in [0.3, 0.4) is 0 Å². The number of thiazole rings is 1. The van der Waals surface area contributed by atoms with Crippen LogP contribution in [-0.2, 0) is 4.79 Å². The molecule has 0 aliphatic carbocycles. The molecule has 3 rings (SSSR count). The van der Waals surface area contributed by atoms with Gasteiger partial charge in [0.15, 0.2) is 5.13 Å². The number of anilines is 1. The summed E-state index contributed by atoms with van der Waals surface area (Å²) in [5.41, 5.74) is 3.11. The highest BCUT2D eigenvalue weighted by molar-refractivity contribution is 7.13. The van der Waals surface area contributed by atoms with E-state index in [1.54, 1.807) is 23.7 Å². The van der Waals surface area contributed by atoms with Crippen molar-refractivity contribution in [3.05, 3.63) is 76.3 Å². The van der Waals surface area contributed by atoms with E-state index in [1.165, 1.54) is 23.0 Å². The summed E-state index contributed by atoms with van der Waals surface area (Å²) < 4.78 is 11.6. The first-order valence-corrected chi connectivity index (χ1v) is 10.7. The zero-order valence-corrected chi connectivity index (χ0v) is 18.2. The molecule has 1 heterocycles. The predicted molar refractivity (Wildman–Crippen MR) is 122 cm³/mol. The molecule has 0 spiro atoms. The van der Waals surface area contributed by atoms with Crippen molar-refractivity contribution in [1.82, 2.24) is 4.98 Å². The fourth-order valence-corrected chi connectivity index (χ4v) is 3.26. The van der Waals surface area contributed by atoms with Gasteiger partial charge >= 0.3 is 0 Å². The molecule has 0 aliphatic heterocycles. The molecule has 1 aromatic heterocycles. The van der Waals surface area contributed by atoms with E-state index in [-0.39, 0.29) is 5.57 Å². The van der Waals surface area contributed by atoms with Crippen LogP contribution in [0.25, 0.3) is 6.08 Å². The number of benzene rings is 2. The van der Waals surface area contributed by atoms with Crippen molar-refractivity contribution in [3.8, 4) is 17.6 Å². The second-order valence-electron chi connectivity index (χ2n) is 6.78. The molecule has 1 N–H and O–H groups in total. The zero-order valence-electron chi connectivity index (χ0n) is 17.4. The van der Waals surface area contributed by atoms with Gasteiger partial charge in [-0.15, -0.1) is 11.3 Å². The lowest BCUT2D eigenvalue weighted by Gasteiger charge is -2.11. The number of ether oxygens (including phenoxy) is 2. The van der Waals surface area contributed by atoms with Crippen molar-refractivity contribution in [2.75, 3.05) is 18.5 Å². The van der Waals surface area contributed by atoms with Crippen LogP contribution in [0.5, 0.6) is 11.5 Å². The summed E-state index contributed by atoms with van der Waals surface area (Å²) in [7, 11) is 0. The first-order chi connectivity index (χ1) is 15.1. The molecule has 0 saturated heterocycles.